The lowest BCUT2D eigenvalue weighted by Crippen LogP contribution is -2.24. The van der Waals surface area contributed by atoms with Gasteiger partial charge in [-0.2, -0.15) is 5.10 Å². The molecular weight excluding hydrogens is 491 g/mol. The molecule has 0 heterocycles. The minimum atomic E-state index is -0.557. The SMILES string of the molecule is COc1cc(C=NNC(=O)COc2cccc(Cl)c2Cl)ccc1OC(=O)c1ccc(Cl)cc1. The van der Waals surface area contributed by atoms with Crippen LogP contribution in [-0.4, -0.2) is 31.8 Å². The number of halogens is 3. The summed E-state index contributed by atoms with van der Waals surface area (Å²) >= 11 is 17.7. The van der Waals surface area contributed by atoms with Gasteiger partial charge in [0, 0.05) is 5.02 Å². The number of benzene rings is 3. The molecule has 0 saturated heterocycles. The van der Waals surface area contributed by atoms with E-state index in [2.05, 4.69) is 10.5 Å². The van der Waals surface area contributed by atoms with Crippen LogP contribution in [0, 0.1) is 0 Å². The Bertz CT molecular complexity index is 1180. The number of rotatable bonds is 8. The van der Waals surface area contributed by atoms with E-state index in [1.807, 2.05) is 0 Å². The number of carbonyl (C=O) groups is 2. The van der Waals surface area contributed by atoms with Crippen LogP contribution in [0.3, 0.4) is 0 Å². The highest BCUT2D eigenvalue weighted by atomic mass is 35.5. The Hall–Kier alpha value is -3.26. The summed E-state index contributed by atoms with van der Waals surface area (Å²) in [4.78, 5) is 24.2. The van der Waals surface area contributed by atoms with E-state index >= 15 is 0 Å². The summed E-state index contributed by atoms with van der Waals surface area (Å²) in [6, 6.07) is 16.0. The molecule has 1 N–H and O–H groups in total. The zero-order chi connectivity index (χ0) is 23.8. The molecule has 10 heteroatoms. The first-order valence-electron chi connectivity index (χ1n) is 9.42. The van der Waals surface area contributed by atoms with Gasteiger partial charge in [0.15, 0.2) is 18.1 Å². The monoisotopic (exact) mass is 506 g/mol. The van der Waals surface area contributed by atoms with Gasteiger partial charge in [0.1, 0.15) is 10.8 Å². The Morgan fingerprint density at radius 2 is 1.73 bits per heavy atom. The fourth-order valence-electron chi connectivity index (χ4n) is 2.54. The van der Waals surface area contributed by atoms with Crippen molar-refractivity contribution in [1.29, 1.82) is 0 Å². The molecule has 0 aromatic heterocycles. The number of nitrogens with zero attached hydrogens (tertiary/aromatic N) is 1. The first-order chi connectivity index (χ1) is 15.9. The van der Waals surface area contributed by atoms with E-state index in [-0.39, 0.29) is 23.1 Å². The molecule has 0 unspecified atom stereocenters. The van der Waals surface area contributed by atoms with Gasteiger partial charge in [-0.1, -0.05) is 40.9 Å². The molecule has 0 saturated carbocycles. The first kappa shape index (κ1) is 24.4. The maximum Gasteiger partial charge on any atom is 0.343 e. The van der Waals surface area contributed by atoms with Crippen LogP contribution in [0.5, 0.6) is 17.2 Å². The second kappa shape index (κ2) is 11.6. The highest BCUT2D eigenvalue weighted by Gasteiger charge is 2.13. The Morgan fingerprint density at radius 3 is 2.45 bits per heavy atom. The van der Waals surface area contributed by atoms with Crippen molar-refractivity contribution in [2.45, 2.75) is 0 Å². The van der Waals surface area contributed by atoms with E-state index in [0.717, 1.165) is 0 Å². The van der Waals surface area contributed by atoms with Crippen molar-refractivity contribution in [3.8, 4) is 17.2 Å². The van der Waals surface area contributed by atoms with Crippen LogP contribution in [0.2, 0.25) is 15.1 Å². The minimum absolute atomic E-state index is 0.222. The number of carbonyl (C=O) groups excluding carboxylic acids is 2. The third kappa shape index (κ3) is 6.86. The van der Waals surface area contributed by atoms with E-state index < -0.39 is 11.9 Å². The molecule has 0 aliphatic heterocycles. The fraction of sp³-hybridized carbons (Fsp3) is 0.0870. The predicted molar refractivity (Wildman–Crippen MR) is 127 cm³/mol. The normalized spacial score (nSPS) is 10.7. The van der Waals surface area contributed by atoms with Crippen molar-refractivity contribution in [2.75, 3.05) is 13.7 Å². The average molecular weight is 508 g/mol. The smallest absolute Gasteiger partial charge is 0.343 e. The maximum atomic E-state index is 12.3. The lowest BCUT2D eigenvalue weighted by molar-refractivity contribution is -0.123. The molecule has 0 atom stereocenters. The number of hydrogen-bond acceptors (Lipinski definition) is 6. The van der Waals surface area contributed by atoms with Gasteiger partial charge in [0.25, 0.3) is 5.91 Å². The summed E-state index contributed by atoms with van der Waals surface area (Å²) in [5.41, 5.74) is 3.28. The number of hydrazone groups is 1. The number of amides is 1. The molecule has 3 aromatic carbocycles. The van der Waals surface area contributed by atoms with E-state index in [9.17, 15) is 9.59 Å². The van der Waals surface area contributed by atoms with Gasteiger partial charge in [0.05, 0.1) is 23.9 Å². The zero-order valence-corrected chi connectivity index (χ0v) is 19.4. The lowest BCUT2D eigenvalue weighted by atomic mass is 10.2. The molecule has 0 fully saturated rings. The third-order valence-electron chi connectivity index (χ3n) is 4.15. The van der Waals surface area contributed by atoms with Crippen LogP contribution in [0.25, 0.3) is 0 Å². The van der Waals surface area contributed by atoms with Crippen molar-refractivity contribution >= 4 is 52.9 Å². The summed E-state index contributed by atoms with van der Waals surface area (Å²) in [7, 11) is 1.44. The number of esters is 1. The summed E-state index contributed by atoms with van der Waals surface area (Å²) in [5, 5.41) is 4.93. The van der Waals surface area contributed by atoms with Crippen LogP contribution in [-0.2, 0) is 4.79 Å². The van der Waals surface area contributed by atoms with Gasteiger partial charge < -0.3 is 14.2 Å². The van der Waals surface area contributed by atoms with E-state index in [1.54, 1.807) is 60.7 Å². The van der Waals surface area contributed by atoms with E-state index in [1.165, 1.54) is 13.3 Å². The van der Waals surface area contributed by atoms with Crippen molar-refractivity contribution in [3.63, 3.8) is 0 Å². The Kier molecular flexibility index (Phi) is 8.54. The van der Waals surface area contributed by atoms with Gasteiger partial charge in [-0.05, 0) is 60.2 Å². The Balaban J connectivity index is 1.57. The maximum absolute atomic E-state index is 12.3. The Morgan fingerprint density at radius 1 is 0.970 bits per heavy atom. The van der Waals surface area contributed by atoms with E-state index in [0.29, 0.717) is 26.9 Å². The largest absolute Gasteiger partial charge is 0.493 e. The number of nitrogens with one attached hydrogen (secondary N) is 1. The van der Waals surface area contributed by atoms with Crippen molar-refractivity contribution in [2.24, 2.45) is 5.10 Å². The fourth-order valence-corrected chi connectivity index (χ4v) is 3.02. The number of ether oxygens (including phenoxy) is 3. The van der Waals surface area contributed by atoms with Crippen LogP contribution < -0.4 is 19.6 Å². The first-order valence-corrected chi connectivity index (χ1v) is 10.5. The molecule has 0 aliphatic carbocycles. The quantitative estimate of drug-likeness (QED) is 0.191. The second-order valence-electron chi connectivity index (χ2n) is 6.44. The molecule has 7 nitrogen and oxygen atoms in total. The van der Waals surface area contributed by atoms with Crippen LogP contribution in [0.4, 0.5) is 0 Å². The molecule has 170 valence electrons. The highest BCUT2D eigenvalue weighted by Crippen LogP contribution is 2.31. The van der Waals surface area contributed by atoms with Crippen LogP contribution >= 0.6 is 34.8 Å². The molecule has 33 heavy (non-hydrogen) atoms. The molecule has 1 amide bonds. The van der Waals surface area contributed by atoms with Gasteiger partial charge in [-0.3, -0.25) is 4.79 Å². The van der Waals surface area contributed by atoms with Crippen molar-refractivity contribution in [1.82, 2.24) is 5.43 Å². The molecule has 0 spiro atoms. The second-order valence-corrected chi connectivity index (χ2v) is 7.66. The molecular formula is C23H17Cl3N2O5. The highest BCUT2D eigenvalue weighted by molar-refractivity contribution is 6.42. The Labute approximate surface area is 204 Å². The summed E-state index contributed by atoms with van der Waals surface area (Å²) in [6.45, 7) is -0.305. The summed E-state index contributed by atoms with van der Waals surface area (Å²) in [5.74, 6) is -0.227. The zero-order valence-electron chi connectivity index (χ0n) is 17.2. The topological polar surface area (TPSA) is 86.2 Å². The van der Waals surface area contributed by atoms with E-state index in [4.69, 9.17) is 49.0 Å². The molecule has 0 aliphatic rings. The molecule has 3 aromatic rings. The standard InChI is InChI=1S/C23H17Cl3N2O5/c1-31-20-11-14(5-10-18(20)33-23(30)15-6-8-16(24)9-7-15)12-27-28-21(29)13-32-19-4-2-3-17(25)22(19)26/h2-12H,13H2,1H3,(H,28,29). The lowest BCUT2D eigenvalue weighted by Gasteiger charge is -2.10. The number of methoxy groups -OCH3 is 1. The van der Waals surface area contributed by atoms with Crippen molar-refractivity contribution < 1.29 is 23.8 Å². The predicted octanol–water partition coefficient (Wildman–Crippen LogP) is 5.40. The van der Waals surface area contributed by atoms with Crippen LogP contribution in [0.1, 0.15) is 15.9 Å². The van der Waals surface area contributed by atoms with Crippen LogP contribution in [0.15, 0.2) is 65.8 Å². The van der Waals surface area contributed by atoms with Gasteiger partial charge in [0.2, 0.25) is 0 Å². The third-order valence-corrected chi connectivity index (χ3v) is 5.20. The average Bonchev–Trinajstić information content (AvgIpc) is 2.81. The number of hydrogen-bond donors (Lipinski definition) is 1. The molecule has 0 radical (unpaired) electrons. The van der Waals surface area contributed by atoms with Crippen molar-refractivity contribution in [3.05, 3.63) is 86.9 Å². The molecule has 3 rings (SSSR count). The summed E-state index contributed by atoms with van der Waals surface area (Å²) in [6.07, 6.45) is 1.40. The minimum Gasteiger partial charge on any atom is -0.493 e. The summed E-state index contributed by atoms with van der Waals surface area (Å²) < 4.78 is 16.0. The van der Waals surface area contributed by atoms with Gasteiger partial charge in [-0.15, -0.1) is 0 Å². The van der Waals surface area contributed by atoms with Gasteiger partial charge >= 0.3 is 5.97 Å². The molecule has 0 bridgehead atoms. The van der Waals surface area contributed by atoms with Gasteiger partial charge in [-0.25, -0.2) is 10.2 Å².